The molecule has 4 rings (SSSR count). The van der Waals surface area contributed by atoms with E-state index < -0.39 is 0 Å². The number of aromatic nitrogens is 1. The van der Waals surface area contributed by atoms with Crippen molar-refractivity contribution in [3.05, 3.63) is 76.1 Å². The highest BCUT2D eigenvalue weighted by atomic mass is 16.5. The van der Waals surface area contributed by atoms with E-state index in [1.807, 2.05) is 20.8 Å². The number of hydrogen-bond donors (Lipinski definition) is 1. The first-order valence-electron chi connectivity index (χ1n) is 11.4. The van der Waals surface area contributed by atoms with Gasteiger partial charge in [0, 0.05) is 23.5 Å². The zero-order valence-corrected chi connectivity index (χ0v) is 19.7. The lowest BCUT2D eigenvalue weighted by molar-refractivity contribution is -0.146. The number of esters is 1. The molecule has 0 spiro atoms. The third-order valence-corrected chi connectivity index (χ3v) is 6.10. The van der Waals surface area contributed by atoms with E-state index in [4.69, 9.17) is 9.72 Å². The van der Waals surface area contributed by atoms with E-state index in [2.05, 4.69) is 61.6 Å². The van der Waals surface area contributed by atoms with E-state index >= 15 is 0 Å². The Morgan fingerprint density at radius 2 is 1.69 bits per heavy atom. The predicted molar refractivity (Wildman–Crippen MR) is 130 cm³/mol. The minimum atomic E-state index is -0.218. The van der Waals surface area contributed by atoms with Gasteiger partial charge < -0.3 is 10.1 Å². The van der Waals surface area contributed by atoms with Crippen LogP contribution in [0.4, 0.5) is 0 Å². The van der Waals surface area contributed by atoms with Crippen LogP contribution in [-0.4, -0.2) is 23.6 Å². The van der Waals surface area contributed by atoms with Crippen molar-refractivity contribution >= 4 is 5.97 Å². The van der Waals surface area contributed by atoms with Gasteiger partial charge in [0.2, 0.25) is 0 Å². The maximum absolute atomic E-state index is 12.7. The number of nitrogens with one attached hydrogen (secondary N) is 1. The summed E-state index contributed by atoms with van der Waals surface area (Å²) in [5.41, 5.74) is 11.2. The minimum absolute atomic E-state index is 0.141. The molecule has 166 valence electrons. The quantitative estimate of drug-likeness (QED) is 0.547. The second kappa shape index (κ2) is 9.25. The van der Waals surface area contributed by atoms with Crippen molar-refractivity contribution in [3.63, 3.8) is 0 Å². The molecule has 0 aliphatic carbocycles. The van der Waals surface area contributed by atoms with E-state index in [1.165, 1.54) is 16.7 Å². The molecule has 0 amide bonds. The highest BCUT2D eigenvalue weighted by molar-refractivity contribution is 5.90. The smallest absolute Gasteiger partial charge is 0.310 e. The summed E-state index contributed by atoms with van der Waals surface area (Å²) in [7, 11) is 0. The first-order chi connectivity index (χ1) is 15.3. The Labute approximate surface area is 191 Å². The van der Waals surface area contributed by atoms with Crippen LogP contribution in [0.15, 0.2) is 42.5 Å². The van der Waals surface area contributed by atoms with E-state index in [9.17, 15) is 4.79 Å². The van der Waals surface area contributed by atoms with Crippen LogP contribution in [0.5, 0.6) is 0 Å². The van der Waals surface area contributed by atoms with Gasteiger partial charge in [-0.1, -0.05) is 48.0 Å². The maximum atomic E-state index is 12.7. The summed E-state index contributed by atoms with van der Waals surface area (Å²) in [5.74, 6) is -0.218. The van der Waals surface area contributed by atoms with E-state index in [0.717, 1.165) is 58.7 Å². The van der Waals surface area contributed by atoms with Gasteiger partial charge in [-0.25, -0.2) is 0 Å². The van der Waals surface area contributed by atoms with Gasteiger partial charge in [-0.15, -0.1) is 0 Å². The number of nitrogens with zero attached hydrogens (tertiary/aromatic N) is 1. The molecule has 0 bridgehead atoms. The van der Waals surface area contributed by atoms with Crippen LogP contribution in [0, 0.1) is 20.8 Å². The van der Waals surface area contributed by atoms with Gasteiger partial charge in [0.05, 0.1) is 12.5 Å². The van der Waals surface area contributed by atoms with Crippen LogP contribution in [0.2, 0.25) is 0 Å². The van der Waals surface area contributed by atoms with Gasteiger partial charge in [-0.05, 0) is 81.0 Å². The summed E-state index contributed by atoms with van der Waals surface area (Å²) in [5, 5.41) is 3.44. The van der Waals surface area contributed by atoms with Crippen LogP contribution >= 0.6 is 0 Å². The summed E-state index contributed by atoms with van der Waals surface area (Å²) in [6.07, 6.45) is 1.09. The van der Waals surface area contributed by atoms with Gasteiger partial charge in [0.25, 0.3) is 0 Å². The Bertz CT molecular complexity index is 1150. The second-order valence-corrected chi connectivity index (χ2v) is 9.00. The van der Waals surface area contributed by atoms with Crippen LogP contribution < -0.4 is 5.32 Å². The van der Waals surface area contributed by atoms with Crippen molar-refractivity contribution in [3.8, 4) is 22.3 Å². The second-order valence-electron chi connectivity index (χ2n) is 9.00. The third kappa shape index (κ3) is 4.61. The fraction of sp³-hybridized carbons (Fsp3) is 0.357. The zero-order chi connectivity index (χ0) is 22.8. The number of carbonyl (C=O) groups is 1. The Hall–Kier alpha value is -2.98. The number of pyridine rings is 1. The summed E-state index contributed by atoms with van der Waals surface area (Å²) in [6.45, 7) is 11.8. The molecule has 4 nitrogen and oxygen atoms in total. The van der Waals surface area contributed by atoms with Gasteiger partial charge >= 0.3 is 5.97 Å². The molecule has 2 heterocycles. The average Bonchev–Trinajstić information content (AvgIpc) is 2.75. The molecule has 0 unspecified atom stereocenters. The summed E-state index contributed by atoms with van der Waals surface area (Å²) in [6, 6.07) is 15.3. The van der Waals surface area contributed by atoms with Gasteiger partial charge in [-0.3, -0.25) is 9.78 Å². The highest BCUT2D eigenvalue weighted by Gasteiger charge is 2.22. The number of carbonyl (C=O) groups excluding carboxylic acids is 1. The minimum Gasteiger partial charge on any atom is -0.463 e. The molecule has 0 saturated heterocycles. The fourth-order valence-corrected chi connectivity index (χ4v) is 4.58. The summed E-state index contributed by atoms with van der Waals surface area (Å²) >= 11 is 0. The number of rotatable bonds is 5. The zero-order valence-electron chi connectivity index (χ0n) is 19.7. The Kier molecular flexibility index (Phi) is 6.43. The molecule has 3 aromatic rings. The van der Waals surface area contributed by atoms with E-state index in [1.54, 1.807) is 0 Å². The molecular formula is C28H32N2O2. The lowest BCUT2D eigenvalue weighted by Gasteiger charge is -2.22. The monoisotopic (exact) mass is 428 g/mol. The van der Waals surface area contributed by atoms with Crippen LogP contribution in [0.25, 0.3) is 22.3 Å². The SMILES string of the molecule is Cc1ccc(-c2c(CC(=O)OC(C)C)c(C)nc(C)c2-c2ccc3c(c2)CCNC3)cc1. The Morgan fingerprint density at radius 1 is 0.969 bits per heavy atom. The van der Waals surface area contributed by atoms with Crippen LogP contribution in [0.1, 0.15) is 47.5 Å². The number of fused-ring (bicyclic) bond motifs is 1. The van der Waals surface area contributed by atoms with Crippen LogP contribution in [-0.2, 0) is 28.9 Å². The molecule has 0 saturated carbocycles. The molecular weight excluding hydrogens is 396 g/mol. The molecule has 1 N–H and O–H groups in total. The number of hydrogen-bond acceptors (Lipinski definition) is 4. The normalized spacial score (nSPS) is 13.2. The Morgan fingerprint density at radius 3 is 2.41 bits per heavy atom. The van der Waals surface area contributed by atoms with Gasteiger partial charge in [0.15, 0.2) is 0 Å². The van der Waals surface area contributed by atoms with Crippen LogP contribution in [0.3, 0.4) is 0 Å². The van der Waals surface area contributed by atoms with Crippen molar-refractivity contribution in [2.45, 2.75) is 60.1 Å². The van der Waals surface area contributed by atoms with Gasteiger partial charge in [0.1, 0.15) is 0 Å². The standard InChI is InChI=1S/C28H32N2O2/c1-17(2)32-26(31)15-25-19(4)30-20(5)27(28(25)21-8-6-18(3)7-9-21)23-10-11-24-16-29-13-12-22(24)14-23/h6-11,14,17,29H,12-13,15-16H2,1-5H3. The van der Waals surface area contributed by atoms with E-state index in [-0.39, 0.29) is 18.5 Å². The largest absolute Gasteiger partial charge is 0.463 e. The van der Waals surface area contributed by atoms with Crippen molar-refractivity contribution in [2.75, 3.05) is 6.54 Å². The third-order valence-electron chi connectivity index (χ3n) is 6.10. The van der Waals surface area contributed by atoms with Crippen molar-refractivity contribution in [1.29, 1.82) is 0 Å². The van der Waals surface area contributed by atoms with Crippen molar-refractivity contribution < 1.29 is 9.53 Å². The number of benzene rings is 2. The maximum Gasteiger partial charge on any atom is 0.310 e. The fourth-order valence-electron chi connectivity index (χ4n) is 4.58. The first kappa shape index (κ1) is 22.2. The number of aryl methyl sites for hydroxylation is 3. The lowest BCUT2D eigenvalue weighted by Crippen LogP contribution is -2.23. The van der Waals surface area contributed by atoms with E-state index in [0.29, 0.717) is 0 Å². The highest BCUT2D eigenvalue weighted by Crippen LogP contribution is 2.39. The molecule has 32 heavy (non-hydrogen) atoms. The summed E-state index contributed by atoms with van der Waals surface area (Å²) < 4.78 is 5.50. The lowest BCUT2D eigenvalue weighted by atomic mass is 9.86. The van der Waals surface area contributed by atoms with Crippen molar-refractivity contribution in [2.24, 2.45) is 0 Å². The Balaban J connectivity index is 1.93. The molecule has 1 aromatic heterocycles. The summed E-state index contributed by atoms with van der Waals surface area (Å²) in [4.78, 5) is 17.6. The molecule has 4 heteroatoms. The molecule has 0 radical (unpaired) electrons. The average molecular weight is 429 g/mol. The molecule has 0 atom stereocenters. The molecule has 1 aliphatic heterocycles. The van der Waals surface area contributed by atoms with Crippen molar-refractivity contribution in [1.82, 2.24) is 10.3 Å². The topological polar surface area (TPSA) is 51.2 Å². The molecule has 2 aromatic carbocycles. The van der Waals surface area contributed by atoms with Gasteiger partial charge in [-0.2, -0.15) is 0 Å². The molecule has 0 fully saturated rings. The predicted octanol–water partition coefficient (Wildman–Crippen LogP) is 5.48. The first-order valence-corrected chi connectivity index (χ1v) is 11.4. The number of ether oxygens (including phenoxy) is 1. The molecule has 1 aliphatic rings.